The molecule has 0 spiro atoms. The van der Waals surface area contributed by atoms with Crippen LogP contribution in [0, 0.1) is 17.5 Å². The predicted octanol–water partition coefficient (Wildman–Crippen LogP) is 3.11. The Labute approximate surface area is 189 Å². The van der Waals surface area contributed by atoms with E-state index < -0.39 is 65.1 Å². The number of aromatic nitrogens is 2. The van der Waals surface area contributed by atoms with Gasteiger partial charge in [0, 0.05) is 25.1 Å². The number of halogens is 6. The normalized spacial score (nSPS) is 20.3. The molecule has 3 atom stereocenters. The van der Waals surface area contributed by atoms with Gasteiger partial charge in [-0.05, 0) is 30.9 Å². The van der Waals surface area contributed by atoms with Crippen molar-refractivity contribution in [3.05, 3.63) is 52.4 Å². The van der Waals surface area contributed by atoms with E-state index in [1.165, 1.54) is 4.90 Å². The summed E-state index contributed by atoms with van der Waals surface area (Å²) < 4.78 is 86.6. The lowest BCUT2D eigenvalue weighted by atomic mass is 10.0. The Balaban J connectivity index is 1.58. The average molecular weight is 490 g/mol. The van der Waals surface area contributed by atoms with E-state index in [0.717, 1.165) is 11.7 Å². The molecule has 2 aliphatic heterocycles. The second kappa shape index (κ2) is 8.60. The van der Waals surface area contributed by atoms with Crippen LogP contribution in [0.4, 0.5) is 26.3 Å². The minimum absolute atomic E-state index is 0.0542. The van der Waals surface area contributed by atoms with Gasteiger partial charge in [0.1, 0.15) is 5.82 Å². The maximum absolute atomic E-state index is 13.9. The fraction of sp³-hybridized carbons (Fsp3) is 0.476. The summed E-state index contributed by atoms with van der Waals surface area (Å²) in [6.45, 7) is -0.219. The van der Waals surface area contributed by atoms with Gasteiger partial charge >= 0.3 is 12.1 Å². The zero-order chi connectivity index (χ0) is 24.9. The zero-order valence-electron chi connectivity index (χ0n) is 17.8. The number of amides is 1. The lowest BCUT2D eigenvalue weighted by Gasteiger charge is -2.37. The van der Waals surface area contributed by atoms with Crippen molar-refractivity contribution in [2.45, 2.75) is 56.5 Å². The number of alkyl halides is 3. The quantitative estimate of drug-likeness (QED) is 0.395. The summed E-state index contributed by atoms with van der Waals surface area (Å²) in [4.78, 5) is 30.1. The molecule has 1 aromatic carbocycles. The minimum atomic E-state index is -4.82. The van der Waals surface area contributed by atoms with E-state index in [4.69, 9.17) is 5.73 Å². The van der Waals surface area contributed by atoms with Gasteiger partial charge in [0.15, 0.2) is 17.3 Å². The van der Waals surface area contributed by atoms with Crippen LogP contribution in [0.3, 0.4) is 0 Å². The monoisotopic (exact) mass is 490 g/mol. The molecule has 34 heavy (non-hydrogen) atoms. The van der Waals surface area contributed by atoms with Crippen molar-refractivity contribution in [2.75, 3.05) is 7.11 Å². The van der Waals surface area contributed by atoms with E-state index in [0.29, 0.717) is 25.0 Å². The van der Waals surface area contributed by atoms with Crippen molar-refractivity contribution in [3.8, 4) is 0 Å². The van der Waals surface area contributed by atoms with E-state index in [-0.39, 0.29) is 30.6 Å². The molecule has 4 rings (SSSR count). The van der Waals surface area contributed by atoms with Crippen LogP contribution >= 0.6 is 0 Å². The highest BCUT2D eigenvalue weighted by Gasteiger charge is 2.50. The molecule has 2 aliphatic rings. The Morgan fingerprint density at radius 2 is 1.85 bits per heavy atom. The van der Waals surface area contributed by atoms with E-state index in [1.54, 1.807) is 0 Å². The van der Waals surface area contributed by atoms with Crippen molar-refractivity contribution in [1.29, 1.82) is 0 Å². The van der Waals surface area contributed by atoms with Crippen LogP contribution in [0.1, 0.15) is 52.9 Å². The maximum Gasteiger partial charge on any atom is 0.449 e. The Morgan fingerprint density at radius 3 is 2.50 bits per heavy atom. The fourth-order valence-corrected chi connectivity index (χ4v) is 4.77. The molecule has 0 radical (unpaired) electrons. The summed E-state index contributed by atoms with van der Waals surface area (Å²) in [5.74, 6) is -6.43. The highest BCUT2D eigenvalue weighted by atomic mass is 19.4. The molecule has 13 heteroatoms. The Kier molecular flexibility index (Phi) is 6.08. The smallest absolute Gasteiger partial charge is 0.449 e. The molecule has 1 aromatic heterocycles. The highest BCUT2D eigenvalue weighted by Crippen LogP contribution is 2.45. The molecule has 1 fully saturated rings. The summed E-state index contributed by atoms with van der Waals surface area (Å²) in [6.07, 6.45) is -4.70. The molecule has 184 valence electrons. The number of nitrogens with zero attached hydrogens (tertiary/aromatic N) is 3. The van der Waals surface area contributed by atoms with Crippen LogP contribution in [0.2, 0.25) is 0 Å². The Bertz CT molecular complexity index is 1150. The minimum Gasteiger partial charge on any atom is -0.464 e. The molecule has 2 N–H and O–H groups in total. The van der Waals surface area contributed by atoms with Crippen molar-refractivity contribution in [3.63, 3.8) is 0 Å². The van der Waals surface area contributed by atoms with Gasteiger partial charge < -0.3 is 19.9 Å². The number of nitrogens with two attached hydrogens (primary N) is 1. The molecule has 1 amide bonds. The lowest BCUT2D eigenvalue weighted by Crippen LogP contribution is -2.46. The van der Waals surface area contributed by atoms with Crippen molar-refractivity contribution in [2.24, 2.45) is 5.73 Å². The first-order valence-electron chi connectivity index (χ1n) is 10.4. The second-order valence-corrected chi connectivity index (χ2v) is 8.34. The molecule has 0 aliphatic carbocycles. The van der Waals surface area contributed by atoms with Crippen LogP contribution < -0.4 is 5.73 Å². The molecule has 2 bridgehead atoms. The van der Waals surface area contributed by atoms with Crippen LogP contribution in [0.5, 0.6) is 0 Å². The van der Waals surface area contributed by atoms with Gasteiger partial charge in [-0.1, -0.05) is 0 Å². The van der Waals surface area contributed by atoms with Gasteiger partial charge in [0.05, 0.1) is 24.9 Å². The van der Waals surface area contributed by atoms with Crippen molar-refractivity contribution >= 4 is 11.9 Å². The summed E-state index contributed by atoms with van der Waals surface area (Å²) in [6, 6.07) is -1.35. The van der Waals surface area contributed by atoms with Gasteiger partial charge in [-0.2, -0.15) is 13.2 Å². The molecule has 7 nitrogen and oxygen atoms in total. The maximum atomic E-state index is 13.9. The Hall–Kier alpha value is -3.09. The molecule has 1 saturated heterocycles. The van der Waals surface area contributed by atoms with Gasteiger partial charge in [-0.15, -0.1) is 0 Å². The number of esters is 1. The number of carbonyl (C=O) groups excluding carboxylic acids is 2. The van der Waals surface area contributed by atoms with Gasteiger partial charge in [-0.25, -0.2) is 22.9 Å². The highest BCUT2D eigenvalue weighted by molar-refractivity contribution is 5.89. The average Bonchev–Trinajstić information content (AvgIpc) is 3.29. The largest absolute Gasteiger partial charge is 0.464 e. The number of methoxy groups -OCH3 is 1. The Morgan fingerprint density at radius 1 is 1.18 bits per heavy atom. The third-order valence-electron chi connectivity index (χ3n) is 6.15. The first kappa shape index (κ1) is 24.0. The molecule has 3 heterocycles. The van der Waals surface area contributed by atoms with Gasteiger partial charge in [0.25, 0.3) is 0 Å². The number of imidazole rings is 1. The second-order valence-electron chi connectivity index (χ2n) is 8.34. The predicted molar refractivity (Wildman–Crippen MR) is 104 cm³/mol. The van der Waals surface area contributed by atoms with Crippen molar-refractivity contribution in [1.82, 2.24) is 14.5 Å². The van der Waals surface area contributed by atoms with Crippen LogP contribution in [0.15, 0.2) is 12.1 Å². The number of rotatable bonds is 5. The summed E-state index contributed by atoms with van der Waals surface area (Å²) in [5.41, 5.74) is 5.20. The van der Waals surface area contributed by atoms with Crippen LogP contribution in [0.25, 0.3) is 0 Å². The standard InChI is InChI=1S/C21H20F6N4O3/c1-34-19(33)17-18-15-3-2-11(8-30(18)20(29-17)21(25,26)27)31(15)16(32)6-10(28)4-9-5-13(23)14(24)7-12(9)22/h5,7,10-11,15H,2-4,6,8,28H2,1H3/t10-,11-,15+/m1/s1. The first-order chi connectivity index (χ1) is 15.9. The van der Waals surface area contributed by atoms with Gasteiger partial charge in [-0.3, -0.25) is 4.79 Å². The lowest BCUT2D eigenvalue weighted by molar-refractivity contribution is -0.148. The number of hydrogen-bond donors (Lipinski definition) is 1. The van der Waals surface area contributed by atoms with Crippen LogP contribution in [-0.2, 0) is 28.7 Å². The number of fused-ring (bicyclic) bond motifs is 4. The number of ether oxygens (including phenoxy) is 1. The van der Waals surface area contributed by atoms with Crippen molar-refractivity contribution < 1.29 is 40.7 Å². The van der Waals surface area contributed by atoms with E-state index in [2.05, 4.69) is 9.72 Å². The topological polar surface area (TPSA) is 90.5 Å². The number of benzene rings is 1. The van der Waals surface area contributed by atoms with E-state index in [1.807, 2.05) is 0 Å². The molecular weight excluding hydrogens is 470 g/mol. The number of hydrogen-bond acceptors (Lipinski definition) is 5. The molecule has 0 saturated carbocycles. The molecule has 2 aromatic rings. The summed E-state index contributed by atoms with van der Waals surface area (Å²) in [7, 11) is 1.01. The van der Waals surface area contributed by atoms with Crippen LogP contribution in [-0.4, -0.2) is 45.5 Å². The third kappa shape index (κ3) is 4.12. The fourth-order valence-electron chi connectivity index (χ4n) is 4.77. The number of carbonyl (C=O) groups is 2. The van der Waals surface area contributed by atoms with E-state index >= 15 is 0 Å². The zero-order valence-corrected chi connectivity index (χ0v) is 17.8. The van der Waals surface area contributed by atoms with Gasteiger partial charge in [0.2, 0.25) is 11.7 Å². The summed E-state index contributed by atoms with van der Waals surface area (Å²) in [5, 5.41) is 0. The summed E-state index contributed by atoms with van der Waals surface area (Å²) >= 11 is 0. The third-order valence-corrected chi connectivity index (χ3v) is 6.15. The first-order valence-corrected chi connectivity index (χ1v) is 10.4. The van der Waals surface area contributed by atoms with E-state index in [9.17, 15) is 35.9 Å². The molecule has 0 unspecified atom stereocenters. The molecular formula is C21H20F6N4O3. The SMILES string of the molecule is COC(=O)c1nc(C(F)(F)F)n2c1[C@@H]1CC[C@H](C2)N1C(=O)C[C@H](N)Cc1cc(F)c(F)cc1F.